The third kappa shape index (κ3) is 4.98. The Balaban J connectivity index is 1.75. The molecule has 3 unspecified atom stereocenters. The maximum Gasteiger partial charge on any atom is 0.0560 e. The Hall–Kier alpha value is -0.830. The van der Waals surface area contributed by atoms with Crippen molar-refractivity contribution in [3.63, 3.8) is 0 Å². The van der Waals surface area contributed by atoms with Crippen LogP contribution in [0.4, 0.5) is 0 Å². The van der Waals surface area contributed by atoms with E-state index in [1.807, 2.05) is 23.1 Å². The summed E-state index contributed by atoms with van der Waals surface area (Å²) in [4.78, 5) is 0. The molecule has 3 heteroatoms. The van der Waals surface area contributed by atoms with E-state index in [2.05, 4.69) is 31.2 Å². The first-order valence-corrected chi connectivity index (χ1v) is 7.87. The minimum absolute atomic E-state index is 0.502. The third-order valence-electron chi connectivity index (χ3n) is 4.13. The molecule has 0 aliphatic heterocycles. The van der Waals surface area contributed by atoms with Crippen LogP contribution >= 0.6 is 0 Å². The second kappa shape index (κ2) is 7.09. The first-order chi connectivity index (χ1) is 9.13. The SMILES string of the molecule is CC(C)CC1CCCC(NC(C)Cn2cccn2)C1. The van der Waals surface area contributed by atoms with Crippen LogP contribution in [0.5, 0.6) is 0 Å². The lowest BCUT2D eigenvalue weighted by atomic mass is 9.81. The molecule has 0 spiro atoms. The fourth-order valence-corrected chi connectivity index (χ4v) is 3.47. The third-order valence-corrected chi connectivity index (χ3v) is 4.13. The summed E-state index contributed by atoms with van der Waals surface area (Å²) in [5.74, 6) is 1.77. The molecule has 3 nitrogen and oxygen atoms in total. The zero-order chi connectivity index (χ0) is 13.7. The van der Waals surface area contributed by atoms with Crippen LogP contribution in [0.1, 0.15) is 52.9 Å². The van der Waals surface area contributed by atoms with Gasteiger partial charge in [-0.15, -0.1) is 0 Å². The van der Waals surface area contributed by atoms with Crippen LogP contribution in [0.3, 0.4) is 0 Å². The Morgan fingerprint density at radius 3 is 2.84 bits per heavy atom. The number of hydrogen-bond acceptors (Lipinski definition) is 2. The number of hydrogen-bond donors (Lipinski definition) is 1. The molecule has 1 saturated carbocycles. The highest BCUT2D eigenvalue weighted by molar-refractivity contribution is 4.82. The molecule has 0 radical (unpaired) electrons. The summed E-state index contributed by atoms with van der Waals surface area (Å²) in [6, 6.07) is 3.21. The van der Waals surface area contributed by atoms with E-state index in [0.29, 0.717) is 12.1 Å². The minimum Gasteiger partial charge on any atom is -0.310 e. The van der Waals surface area contributed by atoms with Crippen molar-refractivity contribution in [1.82, 2.24) is 15.1 Å². The van der Waals surface area contributed by atoms with Crippen molar-refractivity contribution in [1.29, 1.82) is 0 Å². The van der Waals surface area contributed by atoms with E-state index < -0.39 is 0 Å². The second-order valence-electron chi connectivity index (χ2n) is 6.65. The van der Waals surface area contributed by atoms with E-state index in [1.165, 1.54) is 32.1 Å². The summed E-state index contributed by atoms with van der Waals surface area (Å²) in [5.41, 5.74) is 0. The molecule has 2 rings (SSSR count). The maximum absolute atomic E-state index is 4.28. The van der Waals surface area contributed by atoms with Gasteiger partial charge in [-0.05, 0) is 44.1 Å². The first kappa shape index (κ1) is 14.6. The Labute approximate surface area is 117 Å². The van der Waals surface area contributed by atoms with E-state index in [0.717, 1.165) is 18.4 Å². The van der Waals surface area contributed by atoms with Gasteiger partial charge in [0.1, 0.15) is 0 Å². The summed E-state index contributed by atoms with van der Waals surface area (Å²) in [7, 11) is 0. The van der Waals surface area contributed by atoms with Crippen LogP contribution in [0.2, 0.25) is 0 Å². The van der Waals surface area contributed by atoms with Crippen molar-refractivity contribution >= 4 is 0 Å². The Kier molecular flexibility index (Phi) is 5.44. The molecule has 0 aromatic carbocycles. The topological polar surface area (TPSA) is 29.9 Å². The van der Waals surface area contributed by atoms with Crippen molar-refractivity contribution in [2.75, 3.05) is 0 Å². The molecule has 19 heavy (non-hydrogen) atoms. The van der Waals surface area contributed by atoms with Gasteiger partial charge in [-0.25, -0.2) is 0 Å². The number of rotatable bonds is 6. The molecule has 0 bridgehead atoms. The maximum atomic E-state index is 4.28. The first-order valence-electron chi connectivity index (χ1n) is 7.87. The van der Waals surface area contributed by atoms with E-state index in [9.17, 15) is 0 Å². The van der Waals surface area contributed by atoms with E-state index >= 15 is 0 Å². The van der Waals surface area contributed by atoms with Gasteiger partial charge in [0.2, 0.25) is 0 Å². The fraction of sp³-hybridized carbons (Fsp3) is 0.812. The monoisotopic (exact) mass is 263 g/mol. The molecule has 3 atom stereocenters. The molecule has 1 aromatic rings. The van der Waals surface area contributed by atoms with Gasteiger partial charge in [-0.3, -0.25) is 4.68 Å². The number of nitrogens with zero attached hydrogens (tertiary/aromatic N) is 2. The van der Waals surface area contributed by atoms with Gasteiger partial charge in [-0.2, -0.15) is 5.10 Å². The van der Waals surface area contributed by atoms with Crippen molar-refractivity contribution in [3.05, 3.63) is 18.5 Å². The van der Waals surface area contributed by atoms with Gasteiger partial charge in [0.05, 0.1) is 6.54 Å². The van der Waals surface area contributed by atoms with Crippen LogP contribution in [-0.4, -0.2) is 21.9 Å². The number of aromatic nitrogens is 2. The number of nitrogens with one attached hydrogen (secondary N) is 1. The summed E-state index contributed by atoms with van der Waals surface area (Å²) < 4.78 is 2.02. The zero-order valence-electron chi connectivity index (χ0n) is 12.7. The minimum atomic E-state index is 0.502. The van der Waals surface area contributed by atoms with Crippen LogP contribution in [0.25, 0.3) is 0 Å². The van der Waals surface area contributed by atoms with Crippen LogP contribution in [-0.2, 0) is 6.54 Å². The molecular weight excluding hydrogens is 234 g/mol. The van der Waals surface area contributed by atoms with Crippen molar-refractivity contribution in [2.45, 2.75) is 71.5 Å². The van der Waals surface area contributed by atoms with Crippen molar-refractivity contribution in [3.8, 4) is 0 Å². The van der Waals surface area contributed by atoms with Crippen LogP contribution in [0, 0.1) is 11.8 Å². The van der Waals surface area contributed by atoms with Crippen LogP contribution in [0.15, 0.2) is 18.5 Å². The highest BCUT2D eigenvalue weighted by Crippen LogP contribution is 2.29. The molecule has 1 N–H and O–H groups in total. The van der Waals surface area contributed by atoms with E-state index in [4.69, 9.17) is 0 Å². The molecule has 1 aliphatic rings. The standard InChI is InChI=1S/C16H29N3/c1-13(2)10-15-6-4-7-16(11-15)18-14(3)12-19-9-5-8-17-19/h5,8-9,13-16,18H,4,6-7,10-12H2,1-3H3. The summed E-state index contributed by atoms with van der Waals surface area (Å²) >= 11 is 0. The van der Waals surface area contributed by atoms with Gasteiger partial charge in [0.15, 0.2) is 0 Å². The fourth-order valence-electron chi connectivity index (χ4n) is 3.47. The van der Waals surface area contributed by atoms with Gasteiger partial charge >= 0.3 is 0 Å². The van der Waals surface area contributed by atoms with E-state index in [1.54, 1.807) is 0 Å². The molecule has 1 aromatic heterocycles. The lowest BCUT2D eigenvalue weighted by Gasteiger charge is -2.32. The molecule has 108 valence electrons. The quantitative estimate of drug-likeness (QED) is 0.851. The predicted octanol–water partition coefficient (Wildman–Crippen LogP) is 3.47. The lowest BCUT2D eigenvalue weighted by Crippen LogP contribution is -2.41. The molecule has 1 aliphatic carbocycles. The Bertz CT molecular complexity index is 345. The average molecular weight is 263 g/mol. The highest BCUT2D eigenvalue weighted by Gasteiger charge is 2.23. The molecule has 0 amide bonds. The highest BCUT2D eigenvalue weighted by atomic mass is 15.3. The van der Waals surface area contributed by atoms with Gasteiger partial charge in [-0.1, -0.05) is 26.7 Å². The van der Waals surface area contributed by atoms with Gasteiger partial charge < -0.3 is 5.32 Å². The predicted molar refractivity (Wildman–Crippen MR) is 80.0 cm³/mol. The summed E-state index contributed by atoms with van der Waals surface area (Å²) in [6.45, 7) is 7.93. The summed E-state index contributed by atoms with van der Waals surface area (Å²) in [5, 5.41) is 8.08. The van der Waals surface area contributed by atoms with Crippen molar-refractivity contribution in [2.24, 2.45) is 11.8 Å². The van der Waals surface area contributed by atoms with Crippen LogP contribution < -0.4 is 5.32 Å². The molecular formula is C16H29N3. The van der Waals surface area contributed by atoms with E-state index in [-0.39, 0.29) is 0 Å². The molecule has 1 fully saturated rings. The smallest absolute Gasteiger partial charge is 0.0560 e. The average Bonchev–Trinajstić information content (AvgIpc) is 2.81. The Morgan fingerprint density at radius 1 is 1.32 bits per heavy atom. The van der Waals surface area contributed by atoms with Gasteiger partial charge in [0, 0.05) is 24.5 Å². The normalized spacial score (nSPS) is 25.7. The Morgan fingerprint density at radius 2 is 2.16 bits per heavy atom. The molecule has 1 heterocycles. The van der Waals surface area contributed by atoms with Gasteiger partial charge in [0.25, 0.3) is 0 Å². The molecule has 0 saturated heterocycles. The largest absolute Gasteiger partial charge is 0.310 e. The summed E-state index contributed by atoms with van der Waals surface area (Å²) in [6.07, 6.45) is 10.8. The van der Waals surface area contributed by atoms with Crippen molar-refractivity contribution < 1.29 is 0 Å². The lowest BCUT2D eigenvalue weighted by molar-refractivity contribution is 0.236. The second-order valence-corrected chi connectivity index (χ2v) is 6.65. The zero-order valence-corrected chi connectivity index (χ0v) is 12.7.